The molecule has 0 aromatic carbocycles. The van der Waals surface area contributed by atoms with E-state index in [1.807, 2.05) is 23.5 Å². The van der Waals surface area contributed by atoms with Crippen LogP contribution in [0.1, 0.15) is 19.3 Å². The van der Waals surface area contributed by atoms with Crippen LogP contribution < -0.4 is 0 Å². The Bertz CT molecular complexity index is 329. The number of piperidine rings is 1. The molecule has 2 rings (SSSR count). The predicted octanol–water partition coefficient (Wildman–Crippen LogP) is 2.58. The van der Waals surface area contributed by atoms with E-state index in [2.05, 4.69) is 11.5 Å². The number of aliphatic carboxylic acids is 1. The van der Waals surface area contributed by atoms with Crippen molar-refractivity contribution in [2.75, 3.05) is 36.1 Å². The zero-order valence-corrected chi connectivity index (χ0v) is 13.0. The highest BCUT2D eigenvalue weighted by molar-refractivity contribution is 8.03. The van der Waals surface area contributed by atoms with Crippen molar-refractivity contribution >= 4 is 29.5 Å². The zero-order chi connectivity index (χ0) is 13.7. The van der Waals surface area contributed by atoms with Gasteiger partial charge >= 0.3 is 5.97 Å². The number of carbonyl (C=O) groups is 1. The maximum Gasteiger partial charge on any atom is 0.311 e. The highest BCUT2D eigenvalue weighted by Gasteiger charge is 2.42. The van der Waals surface area contributed by atoms with Crippen LogP contribution >= 0.6 is 23.5 Å². The Balaban J connectivity index is 2.05. The number of likely N-dealkylation sites (tertiary alicyclic amines) is 1. The molecular weight excluding hydrogens is 278 g/mol. The molecule has 0 unspecified atom stereocenters. The second-order valence-electron chi connectivity index (χ2n) is 5.46. The third-order valence-corrected chi connectivity index (χ3v) is 6.59. The molecule has 0 bridgehead atoms. The normalized spacial score (nSPS) is 30.7. The van der Waals surface area contributed by atoms with Crippen LogP contribution in [0.2, 0.25) is 0 Å². The first-order valence-electron chi connectivity index (χ1n) is 6.92. The minimum absolute atomic E-state index is 0.543. The summed E-state index contributed by atoms with van der Waals surface area (Å²) in [7, 11) is 0. The van der Waals surface area contributed by atoms with Crippen LogP contribution in [0.25, 0.3) is 0 Å². The first-order valence-corrected chi connectivity index (χ1v) is 9.23. The molecule has 0 amide bonds. The molecule has 0 radical (unpaired) electrons. The number of hydrogen-bond donors (Lipinski definition) is 1. The van der Waals surface area contributed by atoms with Crippen molar-refractivity contribution in [3.63, 3.8) is 0 Å². The number of rotatable bonds is 4. The van der Waals surface area contributed by atoms with Gasteiger partial charge in [0, 0.05) is 35.6 Å². The fourth-order valence-electron chi connectivity index (χ4n) is 3.00. The Morgan fingerprint density at radius 2 is 2.11 bits per heavy atom. The number of carboxylic acid groups (broad SMARTS) is 1. The second-order valence-corrected chi connectivity index (χ2v) is 7.76. The third kappa shape index (κ3) is 3.70. The number of allylic oxidation sites excluding steroid dienone is 1. The number of nitrogens with zero attached hydrogens (tertiary/aromatic N) is 1. The Morgan fingerprint density at radius 3 is 2.68 bits per heavy atom. The van der Waals surface area contributed by atoms with Crippen LogP contribution in [0, 0.1) is 5.41 Å². The van der Waals surface area contributed by atoms with Gasteiger partial charge in [0.1, 0.15) is 0 Å². The Labute approximate surface area is 124 Å². The Morgan fingerprint density at radius 1 is 1.42 bits per heavy atom. The molecule has 108 valence electrons. The van der Waals surface area contributed by atoms with Crippen molar-refractivity contribution in [3.8, 4) is 0 Å². The van der Waals surface area contributed by atoms with E-state index < -0.39 is 11.4 Å². The molecule has 0 spiro atoms. The SMILES string of the molecule is C=CC[C@]1(C(=O)O)CCCN(C2CSCCSC2)C1. The average Bonchev–Trinajstić information content (AvgIpc) is 2.68. The molecule has 0 saturated carbocycles. The van der Waals surface area contributed by atoms with Gasteiger partial charge < -0.3 is 5.11 Å². The molecule has 0 aromatic rings. The van der Waals surface area contributed by atoms with Crippen LogP contribution in [0.3, 0.4) is 0 Å². The van der Waals surface area contributed by atoms with Gasteiger partial charge in [-0.3, -0.25) is 9.69 Å². The predicted molar refractivity (Wildman–Crippen MR) is 84.1 cm³/mol. The molecule has 2 heterocycles. The lowest BCUT2D eigenvalue weighted by atomic mass is 9.77. The van der Waals surface area contributed by atoms with Crippen LogP contribution in [-0.4, -0.2) is 58.1 Å². The van der Waals surface area contributed by atoms with Gasteiger partial charge in [0.05, 0.1) is 5.41 Å². The molecule has 2 fully saturated rings. The van der Waals surface area contributed by atoms with E-state index in [-0.39, 0.29) is 0 Å². The Hall–Kier alpha value is -0.130. The van der Waals surface area contributed by atoms with Crippen LogP contribution in [0.15, 0.2) is 12.7 Å². The van der Waals surface area contributed by atoms with E-state index in [1.165, 1.54) is 11.5 Å². The summed E-state index contributed by atoms with van der Waals surface area (Å²) in [5, 5.41) is 9.61. The van der Waals surface area contributed by atoms with Gasteiger partial charge in [-0.2, -0.15) is 23.5 Å². The summed E-state index contributed by atoms with van der Waals surface area (Å²) in [4.78, 5) is 14.1. The van der Waals surface area contributed by atoms with Crippen molar-refractivity contribution in [1.29, 1.82) is 0 Å². The second kappa shape index (κ2) is 7.04. The Kier molecular flexibility index (Phi) is 5.66. The molecule has 1 N–H and O–H groups in total. The summed E-state index contributed by atoms with van der Waals surface area (Å²) in [6.45, 7) is 5.49. The molecule has 0 aliphatic carbocycles. The number of thioether (sulfide) groups is 2. The van der Waals surface area contributed by atoms with E-state index >= 15 is 0 Å². The monoisotopic (exact) mass is 301 g/mol. The van der Waals surface area contributed by atoms with Gasteiger partial charge in [-0.25, -0.2) is 0 Å². The summed E-state index contributed by atoms with van der Waals surface area (Å²) >= 11 is 4.02. The summed E-state index contributed by atoms with van der Waals surface area (Å²) < 4.78 is 0. The molecule has 19 heavy (non-hydrogen) atoms. The zero-order valence-electron chi connectivity index (χ0n) is 11.3. The van der Waals surface area contributed by atoms with E-state index in [4.69, 9.17) is 0 Å². The highest BCUT2D eigenvalue weighted by atomic mass is 32.2. The maximum absolute atomic E-state index is 11.7. The summed E-state index contributed by atoms with van der Waals surface area (Å²) in [5.41, 5.74) is -0.596. The first-order chi connectivity index (χ1) is 9.18. The van der Waals surface area contributed by atoms with Crippen molar-refractivity contribution in [3.05, 3.63) is 12.7 Å². The van der Waals surface area contributed by atoms with Crippen molar-refractivity contribution in [2.24, 2.45) is 5.41 Å². The minimum Gasteiger partial charge on any atom is -0.481 e. The van der Waals surface area contributed by atoms with Gasteiger partial charge in [0.2, 0.25) is 0 Å². The number of carboxylic acids is 1. The first kappa shape index (κ1) is 15.3. The number of hydrogen-bond acceptors (Lipinski definition) is 4. The van der Waals surface area contributed by atoms with Gasteiger partial charge in [-0.1, -0.05) is 6.08 Å². The lowest BCUT2D eigenvalue weighted by molar-refractivity contribution is -0.152. The smallest absolute Gasteiger partial charge is 0.311 e. The molecule has 2 aliphatic heterocycles. The largest absolute Gasteiger partial charge is 0.481 e. The van der Waals surface area contributed by atoms with Crippen LogP contribution in [-0.2, 0) is 4.79 Å². The molecule has 1 atom stereocenters. The summed E-state index contributed by atoms with van der Waals surface area (Å²) in [6, 6.07) is 0.543. The average molecular weight is 301 g/mol. The standard InChI is InChI=1S/C14H23NO2S2/c1-2-4-14(13(16)17)5-3-6-15(11-14)12-9-18-7-8-19-10-12/h2,12H,1,3-11H2,(H,16,17)/t14-/m0/s1. The van der Waals surface area contributed by atoms with Gasteiger partial charge in [-0.05, 0) is 25.8 Å². The minimum atomic E-state index is -0.647. The topological polar surface area (TPSA) is 40.5 Å². The fourth-order valence-corrected chi connectivity index (χ4v) is 5.63. The highest BCUT2D eigenvalue weighted by Crippen LogP contribution is 2.36. The molecule has 0 aromatic heterocycles. The maximum atomic E-state index is 11.7. The fraction of sp³-hybridized carbons (Fsp3) is 0.786. The molecule has 2 saturated heterocycles. The van der Waals surface area contributed by atoms with E-state index in [9.17, 15) is 9.90 Å². The van der Waals surface area contributed by atoms with Crippen molar-refractivity contribution in [1.82, 2.24) is 4.90 Å². The third-order valence-electron chi connectivity index (χ3n) is 4.10. The lowest BCUT2D eigenvalue weighted by Gasteiger charge is -2.42. The lowest BCUT2D eigenvalue weighted by Crippen LogP contribution is -2.52. The van der Waals surface area contributed by atoms with Crippen molar-refractivity contribution < 1.29 is 9.90 Å². The van der Waals surface area contributed by atoms with Crippen LogP contribution in [0.4, 0.5) is 0 Å². The van der Waals surface area contributed by atoms with E-state index in [0.717, 1.165) is 30.9 Å². The summed E-state index contributed by atoms with van der Waals surface area (Å²) in [5.74, 6) is 4.11. The molecule has 3 nitrogen and oxygen atoms in total. The van der Waals surface area contributed by atoms with Crippen molar-refractivity contribution in [2.45, 2.75) is 25.3 Å². The van der Waals surface area contributed by atoms with Gasteiger partial charge in [0.25, 0.3) is 0 Å². The van der Waals surface area contributed by atoms with Gasteiger partial charge in [0.15, 0.2) is 0 Å². The van der Waals surface area contributed by atoms with E-state index in [0.29, 0.717) is 19.0 Å². The van der Waals surface area contributed by atoms with E-state index in [1.54, 1.807) is 6.08 Å². The van der Waals surface area contributed by atoms with Gasteiger partial charge in [-0.15, -0.1) is 6.58 Å². The van der Waals surface area contributed by atoms with Crippen LogP contribution in [0.5, 0.6) is 0 Å². The molecule has 2 aliphatic rings. The molecule has 5 heteroatoms. The quantitative estimate of drug-likeness (QED) is 0.808. The molecular formula is C14H23NO2S2. The summed E-state index contributed by atoms with van der Waals surface area (Å²) in [6.07, 6.45) is 4.14.